The number of aryl methyl sites for hydroxylation is 1. The molecule has 20 heavy (non-hydrogen) atoms. The van der Waals surface area contributed by atoms with Crippen molar-refractivity contribution in [2.75, 3.05) is 18.9 Å². The normalized spacial score (nSPS) is 11.8. The second-order valence-corrected chi connectivity index (χ2v) is 5.13. The molecule has 0 fully saturated rings. The van der Waals surface area contributed by atoms with Crippen LogP contribution in [-0.2, 0) is 9.59 Å². The van der Waals surface area contributed by atoms with Gasteiger partial charge in [-0.2, -0.15) is 0 Å². The Hall–Kier alpha value is -1.59. The first kappa shape index (κ1) is 16.5. The molecule has 110 valence electrons. The Kier molecular flexibility index (Phi) is 5.98. The number of aliphatic hydroxyl groups is 1. The van der Waals surface area contributed by atoms with E-state index in [4.69, 9.17) is 16.7 Å². The van der Waals surface area contributed by atoms with Gasteiger partial charge in [-0.15, -0.1) is 0 Å². The number of anilines is 1. The van der Waals surface area contributed by atoms with Gasteiger partial charge in [-0.3, -0.25) is 9.59 Å². The summed E-state index contributed by atoms with van der Waals surface area (Å²) in [4.78, 5) is 25.0. The lowest BCUT2D eigenvalue weighted by Crippen LogP contribution is -2.38. The third-order valence-corrected chi connectivity index (χ3v) is 3.36. The van der Waals surface area contributed by atoms with E-state index in [2.05, 4.69) is 5.32 Å². The number of hydrogen-bond donors (Lipinski definition) is 2. The van der Waals surface area contributed by atoms with Gasteiger partial charge < -0.3 is 15.3 Å². The fourth-order valence-electron chi connectivity index (χ4n) is 1.58. The van der Waals surface area contributed by atoms with Crippen LogP contribution in [0.4, 0.5) is 5.69 Å². The summed E-state index contributed by atoms with van der Waals surface area (Å²) in [5.41, 5.74) is 1.23. The summed E-state index contributed by atoms with van der Waals surface area (Å²) in [5.74, 6) is -1.41. The lowest BCUT2D eigenvalue weighted by atomic mass is 10.2. The van der Waals surface area contributed by atoms with Gasteiger partial charge in [0.2, 0.25) is 0 Å². The lowest BCUT2D eigenvalue weighted by molar-refractivity contribution is -0.142. The Labute approximate surface area is 123 Å². The molecule has 0 spiro atoms. The van der Waals surface area contributed by atoms with Crippen LogP contribution in [0, 0.1) is 6.92 Å². The van der Waals surface area contributed by atoms with E-state index >= 15 is 0 Å². The molecule has 2 amide bonds. The number of carbonyl (C=O) groups is 2. The molecule has 1 unspecified atom stereocenters. The van der Waals surface area contributed by atoms with Gasteiger partial charge in [-0.05, 0) is 31.9 Å². The van der Waals surface area contributed by atoms with Gasteiger partial charge in [-0.1, -0.05) is 23.7 Å². The summed E-state index contributed by atoms with van der Waals surface area (Å²) in [6.07, 6.45) is -0.0969. The molecule has 0 aliphatic heterocycles. The minimum atomic E-state index is -0.745. The van der Waals surface area contributed by atoms with Gasteiger partial charge in [0.25, 0.3) is 0 Å². The number of likely N-dealkylation sites (N-methyl/N-ethyl adjacent to an activating group) is 1. The predicted octanol–water partition coefficient (Wildman–Crippen LogP) is 1.82. The third kappa shape index (κ3) is 4.51. The molecule has 6 heteroatoms. The second kappa shape index (κ2) is 7.26. The molecule has 0 saturated heterocycles. The zero-order valence-electron chi connectivity index (χ0n) is 11.8. The van der Waals surface area contributed by atoms with Crippen LogP contribution in [-0.4, -0.2) is 41.5 Å². The number of amides is 2. The zero-order chi connectivity index (χ0) is 15.3. The van der Waals surface area contributed by atoms with Gasteiger partial charge >= 0.3 is 11.8 Å². The molecule has 5 nitrogen and oxygen atoms in total. The molecule has 0 bridgehead atoms. The predicted molar refractivity (Wildman–Crippen MR) is 78.8 cm³/mol. The Bertz CT molecular complexity index is 503. The van der Waals surface area contributed by atoms with Crippen molar-refractivity contribution in [3.05, 3.63) is 28.8 Å². The highest BCUT2D eigenvalue weighted by molar-refractivity contribution is 6.41. The molecule has 0 aliphatic carbocycles. The van der Waals surface area contributed by atoms with E-state index in [1.807, 2.05) is 13.0 Å². The van der Waals surface area contributed by atoms with Crippen LogP contribution in [0.15, 0.2) is 18.2 Å². The molecule has 2 N–H and O–H groups in total. The summed E-state index contributed by atoms with van der Waals surface area (Å²) in [5, 5.41) is 12.1. The van der Waals surface area contributed by atoms with E-state index in [9.17, 15) is 9.59 Å². The van der Waals surface area contributed by atoms with Crippen molar-refractivity contribution in [1.82, 2.24) is 4.90 Å². The van der Waals surface area contributed by atoms with Crippen LogP contribution in [0.25, 0.3) is 0 Å². The highest BCUT2D eigenvalue weighted by Crippen LogP contribution is 2.24. The van der Waals surface area contributed by atoms with Crippen LogP contribution in [0.5, 0.6) is 0 Å². The van der Waals surface area contributed by atoms with Crippen molar-refractivity contribution in [1.29, 1.82) is 0 Å². The van der Waals surface area contributed by atoms with E-state index in [0.717, 1.165) is 5.56 Å². The first-order valence-electron chi connectivity index (χ1n) is 6.32. The Balaban J connectivity index is 2.66. The number of nitrogens with zero attached hydrogens (tertiary/aromatic N) is 1. The van der Waals surface area contributed by atoms with Crippen LogP contribution >= 0.6 is 11.6 Å². The molecule has 0 radical (unpaired) electrons. The monoisotopic (exact) mass is 298 g/mol. The molecule has 1 atom stereocenters. The third-order valence-electron chi connectivity index (χ3n) is 2.86. The summed E-state index contributed by atoms with van der Waals surface area (Å²) < 4.78 is 0. The van der Waals surface area contributed by atoms with Gasteiger partial charge in [0.1, 0.15) is 0 Å². The average molecular weight is 299 g/mol. The zero-order valence-corrected chi connectivity index (χ0v) is 12.6. The molecule has 0 aliphatic rings. The summed E-state index contributed by atoms with van der Waals surface area (Å²) in [6, 6.07) is 5.20. The maximum Gasteiger partial charge on any atom is 0.313 e. The number of carbonyl (C=O) groups excluding carboxylic acids is 2. The SMILES string of the molecule is Cc1cccc(NC(=O)C(=O)N(C)CCC(C)O)c1Cl. The van der Waals surface area contributed by atoms with Crippen LogP contribution in [0.3, 0.4) is 0 Å². The van der Waals surface area contributed by atoms with E-state index < -0.39 is 17.9 Å². The fraction of sp³-hybridized carbons (Fsp3) is 0.429. The number of aliphatic hydroxyl groups excluding tert-OH is 1. The topological polar surface area (TPSA) is 69.6 Å². The number of halogens is 1. The summed E-state index contributed by atoms with van der Waals surface area (Å²) in [7, 11) is 1.52. The first-order chi connectivity index (χ1) is 9.32. The Morgan fingerprint density at radius 2 is 2.10 bits per heavy atom. The molecule has 0 aromatic heterocycles. The van der Waals surface area contributed by atoms with Crippen molar-refractivity contribution in [2.45, 2.75) is 26.4 Å². The summed E-state index contributed by atoms with van der Waals surface area (Å²) >= 11 is 6.05. The maximum atomic E-state index is 11.8. The number of nitrogens with one attached hydrogen (secondary N) is 1. The second-order valence-electron chi connectivity index (χ2n) is 4.75. The van der Waals surface area contributed by atoms with Gasteiger partial charge in [-0.25, -0.2) is 0 Å². The summed E-state index contributed by atoms with van der Waals surface area (Å²) in [6.45, 7) is 3.75. The molecule has 1 aromatic carbocycles. The van der Waals surface area contributed by atoms with Crippen molar-refractivity contribution in [2.24, 2.45) is 0 Å². The lowest BCUT2D eigenvalue weighted by Gasteiger charge is -2.17. The van der Waals surface area contributed by atoms with Crippen LogP contribution in [0.1, 0.15) is 18.9 Å². The van der Waals surface area contributed by atoms with Crippen molar-refractivity contribution in [3.63, 3.8) is 0 Å². The van der Waals surface area contributed by atoms with Crippen molar-refractivity contribution < 1.29 is 14.7 Å². The van der Waals surface area contributed by atoms with E-state index in [0.29, 0.717) is 23.7 Å². The fourth-order valence-corrected chi connectivity index (χ4v) is 1.75. The van der Waals surface area contributed by atoms with Gasteiger partial charge in [0.05, 0.1) is 16.8 Å². The standard InChI is InChI=1S/C14H19ClN2O3/c1-9-5-4-6-11(12(9)15)16-13(19)14(20)17(3)8-7-10(2)18/h4-6,10,18H,7-8H2,1-3H3,(H,16,19). The smallest absolute Gasteiger partial charge is 0.313 e. The average Bonchev–Trinajstić information content (AvgIpc) is 2.40. The van der Waals surface area contributed by atoms with Crippen molar-refractivity contribution in [3.8, 4) is 0 Å². The van der Waals surface area contributed by atoms with Crippen LogP contribution in [0.2, 0.25) is 5.02 Å². The molecular weight excluding hydrogens is 280 g/mol. The first-order valence-corrected chi connectivity index (χ1v) is 6.70. The number of hydrogen-bond acceptors (Lipinski definition) is 3. The maximum absolute atomic E-state index is 11.8. The number of benzene rings is 1. The molecular formula is C14H19ClN2O3. The van der Waals surface area contributed by atoms with Crippen LogP contribution < -0.4 is 5.32 Å². The van der Waals surface area contributed by atoms with Crippen molar-refractivity contribution >= 4 is 29.1 Å². The minimum Gasteiger partial charge on any atom is -0.393 e. The molecule has 0 saturated carbocycles. The molecule has 0 heterocycles. The van der Waals surface area contributed by atoms with E-state index in [1.54, 1.807) is 19.1 Å². The quantitative estimate of drug-likeness (QED) is 0.833. The largest absolute Gasteiger partial charge is 0.393 e. The molecule has 1 rings (SSSR count). The van der Waals surface area contributed by atoms with E-state index in [-0.39, 0.29) is 0 Å². The van der Waals surface area contributed by atoms with Gasteiger partial charge in [0, 0.05) is 13.6 Å². The van der Waals surface area contributed by atoms with Gasteiger partial charge in [0.15, 0.2) is 0 Å². The highest BCUT2D eigenvalue weighted by atomic mass is 35.5. The Morgan fingerprint density at radius 1 is 1.45 bits per heavy atom. The minimum absolute atomic E-state index is 0.311. The van der Waals surface area contributed by atoms with E-state index in [1.165, 1.54) is 11.9 Å². The molecule has 1 aromatic rings. The Morgan fingerprint density at radius 3 is 2.70 bits per heavy atom. The number of rotatable bonds is 4. The highest BCUT2D eigenvalue weighted by Gasteiger charge is 2.20.